The van der Waals surface area contributed by atoms with Gasteiger partial charge in [-0.15, -0.1) is 0 Å². The van der Waals surface area contributed by atoms with Gasteiger partial charge >= 0.3 is 0 Å². The van der Waals surface area contributed by atoms with E-state index in [-0.39, 0.29) is 11.3 Å². The van der Waals surface area contributed by atoms with Gasteiger partial charge in [-0.1, -0.05) is 20.8 Å². The number of nitrogens with zero attached hydrogens (tertiary/aromatic N) is 1. The summed E-state index contributed by atoms with van der Waals surface area (Å²) < 4.78 is 0. The van der Waals surface area contributed by atoms with Crippen LogP contribution in [-0.4, -0.2) is 36.5 Å². The van der Waals surface area contributed by atoms with Crippen molar-refractivity contribution in [3.05, 3.63) is 0 Å². The van der Waals surface area contributed by atoms with Crippen molar-refractivity contribution < 1.29 is 4.79 Å². The SMILES string of the molecule is CC(C)(C)C(=O)NC1CC2CCN(CC2)C1. The van der Waals surface area contributed by atoms with E-state index in [4.69, 9.17) is 0 Å². The summed E-state index contributed by atoms with van der Waals surface area (Å²) in [4.78, 5) is 14.4. The Balaban J connectivity index is 1.93. The quantitative estimate of drug-likeness (QED) is 0.734. The number of hydrogen-bond donors (Lipinski definition) is 1. The number of piperidine rings is 1. The molecule has 0 spiro atoms. The van der Waals surface area contributed by atoms with Gasteiger partial charge in [0.15, 0.2) is 0 Å². The first-order valence-electron chi connectivity index (χ1n) is 6.48. The van der Waals surface area contributed by atoms with E-state index in [0.717, 1.165) is 12.5 Å². The average molecular weight is 224 g/mol. The Kier molecular flexibility index (Phi) is 3.24. The maximum absolute atomic E-state index is 11.9. The molecule has 3 fully saturated rings. The van der Waals surface area contributed by atoms with Crippen LogP contribution in [0.4, 0.5) is 0 Å². The number of carbonyl (C=O) groups excluding carboxylic acids is 1. The molecule has 16 heavy (non-hydrogen) atoms. The van der Waals surface area contributed by atoms with Crippen molar-refractivity contribution in [1.29, 1.82) is 0 Å². The molecule has 0 aliphatic carbocycles. The van der Waals surface area contributed by atoms with Gasteiger partial charge in [0.05, 0.1) is 0 Å². The Hall–Kier alpha value is -0.570. The van der Waals surface area contributed by atoms with E-state index in [9.17, 15) is 4.79 Å². The van der Waals surface area contributed by atoms with Crippen LogP contribution in [-0.2, 0) is 4.79 Å². The summed E-state index contributed by atoms with van der Waals surface area (Å²) in [6.07, 6.45) is 3.82. The van der Waals surface area contributed by atoms with Crippen LogP contribution in [0, 0.1) is 11.3 Å². The zero-order chi connectivity index (χ0) is 11.8. The van der Waals surface area contributed by atoms with E-state index in [0.29, 0.717) is 6.04 Å². The second kappa shape index (κ2) is 4.36. The molecule has 0 saturated carbocycles. The van der Waals surface area contributed by atoms with Gasteiger partial charge in [0.2, 0.25) is 5.91 Å². The summed E-state index contributed by atoms with van der Waals surface area (Å²) in [5, 5.41) is 3.22. The number of amides is 1. The largest absolute Gasteiger partial charge is 0.352 e. The molecule has 1 atom stereocenters. The van der Waals surface area contributed by atoms with Gasteiger partial charge in [-0.25, -0.2) is 0 Å². The smallest absolute Gasteiger partial charge is 0.225 e. The molecule has 1 amide bonds. The number of nitrogens with one attached hydrogen (secondary N) is 1. The predicted molar refractivity (Wildman–Crippen MR) is 65.2 cm³/mol. The molecule has 0 aromatic carbocycles. The summed E-state index contributed by atoms with van der Waals surface area (Å²) in [7, 11) is 0. The van der Waals surface area contributed by atoms with E-state index in [1.807, 2.05) is 20.8 Å². The summed E-state index contributed by atoms with van der Waals surface area (Å²) >= 11 is 0. The molecule has 0 aromatic rings. The van der Waals surface area contributed by atoms with Gasteiger partial charge in [-0.05, 0) is 38.3 Å². The summed E-state index contributed by atoms with van der Waals surface area (Å²) in [5.74, 6) is 1.03. The van der Waals surface area contributed by atoms with Crippen molar-refractivity contribution in [2.45, 2.75) is 46.1 Å². The average Bonchev–Trinajstić information content (AvgIpc) is 2.47. The molecule has 0 aromatic heterocycles. The van der Waals surface area contributed by atoms with Crippen molar-refractivity contribution in [1.82, 2.24) is 10.2 Å². The number of hydrogen-bond acceptors (Lipinski definition) is 2. The van der Waals surface area contributed by atoms with Gasteiger partial charge in [-0.2, -0.15) is 0 Å². The topological polar surface area (TPSA) is 32.3 Å². The molecule has 0 radical (unpaired) electrons. The molecule has 1 unspecified atom stereocenters. The molecule has 3 aliphatic heterocycles. The molecular formula is C13H24N2O. The fourth-order valence-corrected chi connectivity index (χ4v) is 2.70. The van der Waals surface area contributed by atoms with Crippen molar-refractivity contribution >= 4 is 5.91 Å². The van der Waals surface area contributed by atoms with E-state index < -0.39 is 0 Å². The normalized spacial score (nSPS) is 34.6. The lowest BCUT2D eigenvalue weighted by molar-refractivity contribution is -0.129. The first-order valence-corrected chi connectivity index (χ1v) is 6.48. The number of carbonyl (C=O) groups is 1. The van der Waals surface area contributed by atoms with Gasteiger partial charge in [0.25, 0.3) is 0 Å². The van der Waals surface area contributed by atoms with Crippen molar-refractivity contribution in [3.8, 4) is 0 Å². The van der Waals surface area contributed by atoms with E-state index in [2.05, 4.69) is 10.2 Å². The third-order valence-electron chi connectivity index (χ3n) is 3.82. The number of fused-ring (bicyclic) bond motifs is 4. The van der Waals surface area contributed by atoms with Crippen molar-refractivity contribution in [2.75, 3.05) is 19.6 Å². The van der Waals surface area contributed by atoms with Crippen LogP contribution in [0.5, 0.6) is 0 Å². The lowest BCUT2D eigenvalue weighted by atomic mass is 9.92. The predicted octanol–water partition coefficient (Wildman–Crippen LogP) is 1.63. The second-order valence-electron chi connectivity index (χ2n) is 6.40. The third kappa shape index (κ3) is 2.76. The van der Waals surface area contributed by atoms with Crippen LogP contribution >= 0.6 is 0 Å². The Morgan fingerprint density at radius 1 is 1.25 bits per heavy atom. The Morgan fingerprint density at radius 2 is 1.88 bits per heavy atom. The van der Waals surface area contributed by atoms with E-state index in [1.165, 1.54) is 32.4 Å². The fraction of sp³-hybridized carbons (Fsp3) is 0.923. The minimum Gasteiger partial charge on any atom is -0.352 e. The molecule has 3 aliphatic rings. The van der Waals surface area contributed by atoms with Crippen molar-refractivity contribution in [3.63, 3.8) is 0 Å². The molecule has 2 bridgehead atoms. The summed E-state index contributed by atoms with van der Waals surface area (Å²) in [5.41, 5.74) is -0.263. The van der Waals surface area contributed by atoms with E-state index >= 15 is 0 Å². The van der Waals surface area contributed by atoms with Crippen LogP contribution < -0.4 is 5.32 Å². The molecule has 1 N–H and O–H groups in total. The van der Waals surface area contributed by atoms with Gasteiger partial charge < -0.3 is 10.2 Å². The van der Waals surface area contributed by atoms with Crippen LogP contribution in [0.2, 0.25) is 0 Å². The molecule has 92 valence electrons. The zero-order valence-corrected chi connectivity index (χ0v) is 10.8. The molecular weight excluding hydrogens is 200 g/mol. The highest BCUT2D eigenvalue weighted by molar-refractivity contribution is 5.81. The van der Waals surface area contributed by atoms with Gasteiger partial charge in [-0.3, -0.25) is 4.79 Å². The van der Waals surface area contributed by atoms with Crippen LogP contribution in [0.15, 0.2) is 0 Å². The van der Waals surface area contributed by atoms with Crippen molar-refractivity contribution in [2.24, 2.45) is 11.3 Å². The molecule has 3 heterocycles. The fourth-order valence-electron chi connectivity index (χ4n) is 2.70. The van der Waals surface area contributed by atoms with Gasteiger partial charge in [0, 0.05) is 18.0 Å². The van der Waals surface area contributed by atoms with Crippen LogP contribution in [0.1, 0.15) is 40.0 Å². The highest BCUT2D eigenvalue weighted by Crippen LogP contribution is 2.27. The molecule has 3 saturated heterocycles. The summed E-state index contributed by atoms with van der Waals surface area (Å²) in [6.45, 7) is 9.45. The Bertz CT molecular complexity index is 248. The van der Waals surface area contributed by atoms with E-state index in [1.54, 1.807) is 0 Å². The molecule has 3 heteroatoms. The lowest BCUT2D eigenvalue weighted by Crippen LogP contribution is -2.46. The van der Waals surface area contributed by atoms with Crippen LogP contribution in [0.25, 0.3) is 0 Å². The maximum atomic E-state index is 11.9. The van der Waals surface area contributed by atoms with Crippen LogP contribution in [0.3, 0.4) is 0 Å². The molecule has 3 rings (SSSR count). The Labute approximate surface area is 98.6 Å². The minimum absolute atomic E-state index is 0.194. The standard InChI is InChI=1S/C13H24N2O/c1-13(2,3)12(16)14-11-8-10-4-6-15(9-11)7-5-10/h10-11H,4-9H2,1-3H3,(H,14,16). The summed E-state index contributed by atoms with van der Waals surface area (Å²) in [6, 6.07) is 0.377. The van der Waals surface area contributed by atoms with Gasteiger partial charge in [0.1, 0.15) is 0 Å². The Morgan fingerprint density at radius 3 is 2.44 bits per heavy atom. The third-order valence-corrected chi connectivity index (χ3v) is 3.82. The monoisotopic (exact) mass is 224 g/mol. The highest BCUT2D eigenvalue weighted by atomic mass is 16.2. The minimum atomic E-state index is -0.263. The first-order chi connectivity index (χ1) is 7.45. The highest BCUT2D eigenvalue weighted by Gasteiger charge is 2.31. The first kappa shape index (κ1) is 11.9. The zero-order valence-electron chi connectivity index (χ0n) is 10.8. The molecule has 3 nitrogen and oxygen atoms in total. The number of rotatable bonds is 1. The lowest BCUT2D eigenvalue weighted by Gasteiger charge is -2.26. The maximum Gasteiger partial charge on any atom is 0.225 e. The second-order valence-corrected chi connectivity index (χ2v) is 6.40.